The van der Waals surface area contributed by atoms with Gasteiger partial charge in [0.05, 0.1) is 0 Å². The van der Waals surface area contributed by atoms with Gasteiger partial charge in [-0.05, 0) is 50.2 Å². The molecular weight excluding hydrogens is 388 g/mol. The van der Waals surface area contributed by atoms with Gasteiger partial charge in [-0.25, -0.2) is 19.1 Å². The van der Waals surface area contributed by atoms with Gasteiger partial charge in [-0.3, -0.25) is 4.55 Å². The van der Waals surface area contributed by atoms with E-state index in [1.54, 1.807) is 15.3 Å². The molecule has 2 aromatic heterocycles. The first-order valence-electron chi connectivity index (χ1n) is 9.33. The largest absolute Gasteiger partial charge is 0.354 e. The van der Waals surface area contributed by atoms with Gasteiger partial charge in [0.25, 0.3) is 0 Å². The van der Waals surface area contributed by atoms with Crippen LogP contribution in [0, 0.1) is 18.3 Å². The normalized spacial score (nSPS) is 23.0. The molecule has 0 radical (unpaired) electrons. The molecule has 2 aliphatic carbocycles. The summed E-state index contributed by atoms with van der Waals surface area (Å²) in [6.07, 6.45) is 5.84. The number of anilines is 1. The molecule has 1 saturated heterocycles. The minimum Gasteiger partial charge on any atom is -0.354 e. The summed E-state index contributed by atoms with van der Waals surface area (Å²) in [5, 5.41) is 4.83. The van der Waals surface area contributed by atoms with Crippen LogP contribution in [0.1, 0.15) is 31.2 Å². The van der Waals surface area contributed by atoms with Gasteiger partial charge in [-0.2, -0.15) is 5.10 Å². The minimum absolute atomic E-state index is 0.117. The van der Waals surface area contributed by atoms with E-state index in [1.165, 1.54) is 12.8 Å². The molecule has 10 heteroatoms. The van der Waals surface area contributed by atoms with Gasteiger partial charge in [0, 0.05) is 31.1 Å². The first-order chi connectivity index (χ1) is 13.0. The van der Waals surface area contributed by atoms with Crippen molar-refractivity contribution in [2.45, 2.75) is 38.6 Å². The lowest BCUT2D eigenvalue weighted by Gasteiger charge is -2.60. The van der Waals surface area contributed by atoms with Crippen molar-refractivity contribution in [1.29, 1.82) is 0 Å². The second-order valence-corrected chi connectivity index (χ2v) is 9.52. The zero-order valence-electron chi connectivity index (χ0n) is 15.1. The van der Waals surface area contributed by atoms with E-state index in [2.05, 4.69) is 20.4 Å². The van der Waals surface area contributed by atoms with Crippen molar-refractivity contribution in [3.8, 4) is 0 Å². The Morgan fingerprint density at radius 2 is 2.19 bits per heavy atom. The molecule has 0 bridgehead atoms. The number of fused-ring (bicyclic) bond motifs is 1. The summed E-state index contributed by atoms with van der Waals surface area (Å²) in [6.45, 7) is 4.64. The monoisotopic (exact) mass is 410 g/mol. The molecule has 3 fully saturated rings. The number of hydrazine groups is 1. The number of hydrogen-bond donors (Lipinski definition) is 2. The first-order valence-corrected chi connectivity index (χ1v) is 10.8. The van der Waals surface area contributed by atoms with Crippen LogP contribution in [-0.4, -0.2) is 53.5 Å². The lowest BCUT2D eigenvalue weighted by atomic mass is 9.61. The highest BCUT2D eigenvalue weighted by Gasteiger charge is 2.55. The maximum Gasteiger partial charge on any atom is 0.249 e. The number of aromatic nitrogens is 3. The highest BCUT2D eigenvalue weighted by Crippen LogP contribution is 2.51. The summed E-state index contributed by atoms with van der Waals surface area (Å²) >= 11 is 4.26. The number of aryl methyl sites for hydroxylation is 1. The van der Waals surface area contributed by atoms with Gasteiger partial charge in [0.15, 0.2) is 5.82 Å². The Bertz CT molecular complexity index is 902. The van der Waals surface area contributed by atoms with Gasteiger partial charge in [0.2, 0.25) is 11.3 Å². The SMILES string of the molecule is Cc1cc(Cl)n2ncnc(N3CC4(CC(N(NCC5CC5)S(=O)O)C4)C3)c12. The molecule has 2 N–H and O–H groups in total. The van der Waals surface area contributed by atoms with E-state index in [0.717, 1.165) is 49.4 Å². The summed E-state index contributed by atoms with van der Waals surface area (Å²) in [7, 11) is 0. The van der Waals surface area contributed by atoms with Gasteiger partial charge in [-0.1, -0.05) is 11.6 Å². The average Bonchev–Trinajstić information content (AvgIpc) is 3.33. The Labute approximate surface area is 165 Å². The maximum absolute atomic E-state index is 11.7. The number of hydrogen-bond acceptors (Lipinski definition) is 5. The lowest BCUT2D eigenvalue weighted by Crippen LogP contribution is -2.68. The fraction of sp³-hybridized carbons (Fsp3) is 0.647. The van der Waals surface area contributed by atoms with Crippen LogP contribution < -0.4 is 10.3 Å². The summed E-state index contributed by atoms with van der Waals surface area (Å²) in [6, 6.07) is 2.02. The molecule has 1 unspecified atom stereocenters. The fourth-order valence-corrected chi connectivity index (χ4v) is 5.40. The second kappa shape index (κ2) is 6.38. The molecule has 1 atom stereocenters. The van der Waals surface area contributed by atoms with E-state index in [-0.39, 0.29) is 11.5 Å². The topological polar surface area (TPSA) is 86.0 Å². The van der Waals surface area contributed by atoms with Crippen LogP contribution in [0.5, 0.6) is 0 Å². The van der Waals surface area contributed by atoms with Crippen LogP contribution in [0.3, 0.4) is 0 Å². The molecule has 0 amide bonds. The third-order valence-corrected chi connectivity index (χ3v) is 7.14. The molecule has 146 valence electrons. The van der Waals surface area contributed by atoms with E-state index >= 15 is 0 Å². The molecule has 27 heavy (non-hydrogen) atoms. The van der Waals surface area contributed by atoms with Crippen molar-refractivity contribution >= 4 is 34.2 Å². The molecule has 1 aliphatic heterocycles. The number of nitrogens with one attached hydrogen (secondary N) is 1. The van der Waals surface area contributed by atoms with Gasteiger partial charge < -0.3 is 4.90 Å². The summed E-state index contributed by atoms with van der Waals surface area (Å²) in [5.74, 6) is 1.58. The lowest BCUT2D eigenvalue weighted by molar-refractivity contribution is -0.00325. The van der Waals surface area contributed by atoms with Crippen molar-refractivity contribution in [3.63, 3.8) is 0 Å². The van der Waals surface area contributed by atoms with E-state index in [9.17, 15) is 8.76 Å². The second-order valence-electron chi connectivity index (χ2n) is 8.27. The number of nitrogens with zero attached hydrogens (tertiary/aromatic N) is 5. The molecule has 5 rings (SSSR count). The van der Waals surface area contributed by atoms with Crippen LogP contribution in [0.2, 0.25) is 5.15 Å². The molecule has 3 aliphatic rings. The van der Waals surface area contributed by atoms with Crippen molar-refractivity contribution in [2.75, 3.05) is 24.5 Å². The quantitative estimate of drug-likeness (QED) is 0.559. The van der Waals surface area contributed by atoms with Crippen molar-refractivity contribution in [2.24, 2.45) is 11.3 Å². The van der Waals surface area contributed by atoms with Crippen LogP contribution in [0.4, 0.5) is 5.82 Å². The Hall–Kier alpha value is -1.26. The minimum atomic E-state index is -1.98. The van der Waals surface area contributed by atoms with Crippen molar-refractivity contribution < 1.29 is 8.76 Å². The molecule has 8 nitrogen and oxygen atoms in total. The van der Waals surface area contributed by atoms with Gasteiger partial charge >= 0.3 is 0 Å². The molecule has 3 heterocycles. The van der Waals surface area contributed by atoms with E-state index in [0.29, 0.717) is 11.1 Å². The van der Waals surface area contributed by atoms with Crippen LogP contribution in [0.25, 0.3) is 5.52 Å². The van der Waals surface area contributed by atoms with Crippen molar-refractivity contribution in [3.05, 3.63) is 23.1 Å². The molecule has 1 spiro atoms. The number of halogens is 1. The Balaban J connectivity index is 1.25. The standard InChI is InChI=1S/C17H23ClN6O2S/c1-11-4-14(18)23-15(11)16(19-10-21-23)22-8-17(9-22)5-13(6-17)24(27(25)26)20-7-12-2-3-12/h4,10,12-13,20H,2-3,5-9H2,1H3,(H,25,26). The molecule has 0 aromatic carbocycles. The van der Waals surface area contributed by atoms with Crippen LogP contribution in [0.15, 0.2) is 12.4 Å². The van der Waals surface area contributed by atoms with Gasteiger partial charge in [0.1, 0.15) is 17.0 Å². The summed E-state index contributed by atoms with van der Waals surface area (Å²) < 4.78 is 24.6. The van der Waals surface area contributed by atoms with Crippen LogP contribution in [-0.2, 0) is 11.3 Å². The Kier molecular flexibility index (Phi) is 4.21. The molecule has 2 saturated carbocycles. The van der Waals surface area contributed by atoms with Gasteiger partial charge in [-0.15, -0.1) is 4.41 Å². The average molecular weight is 411 g/mol. The third kappa shape index (κ3) is 3.05. The predicted molar refractivity (Wildman–Crippen MR) is 104 cm³/mol. The van der Waals surface area contributed by atoms with Crippen molar-refractivity contribution in [1.82, 2.24) is 24.4 Å². The van der Waals surface area contributed by atoms with E-state index in [1.807, 2.05) is 13.0 Å². The number of rotatable bonds is 6. The molecular formula is C17H23ClN6O2S. The smallest absolute Gasteiger partial charge is 0.249 e. The first kappa shape index (κ1) is 17.8. The van der Waals surface area contributed by atoms with E-state index < -0.39 is 11.3 Å². The molecule has 2 aromatic rings. The summed E-state index contributed by atoms with van der Waals surface area (Å²) in [5.41, 5.74) is 5.42. The summed E-state index contributed by atoms with van der Waals surface area (Å²) in [4.78, 5) is 6.75. The zero-order chi connectivity index (χ0) is 18.8. The third-order valence-electron chi connectivity index (χ3n) is 6.10. The highest BCUT2D eigenvalue weighted by molar-refractivity contribution is 7.76. The Morgan fingerprint density at radius 3 is 2.85 bits per heavy atom. The highest BCUT2D eigenvalue weighted by atomic mass is 35.5. The van der Waals surface area contributed by atoms with Crippen LogP contribution >= 0.6 is 11.6 Å². The Morgan fingerprint density at radius 1 is 1.44 bits per heavy atom. The predicted octanol–water partition coefficient (Wildman–Crippen LogP) is 2.01. The maximum atomic E-state index is 11.7. The zero-order valence-corrected chi connectivity index (χ0v) is 16.7. The fourth-order valence-electron chi connectivity index (χ4n) is 4.52. The van der Waals surface area contributed by atoms with E-state index in [4.69, 9.17) is 11.6 Å².